The number of aliphatic carboxylic acids is 1. The van der Waals surface area contributed by atoms with Crippen LogP contribution >= 0.6 is 0 Å². The molecule has 2 atom stereocenters. The number of nitrogens with two attached hydrogens (primary N) is 1. The summed E-state index contributed by atoms with van der Waals surface area (Å²) in [5, 5.41) is 31.2. The molecule has 2 aromatic carbocycles. The molecule has 1 saturated carbocycles. The fourth-order valence-electron chi connectivity index (χ4n) is 5.04. The van der Waals surface area contributed by atoms with Crippen LogP contribution in [0.3, 0.4) is 0 Å². The molecular formula is C27H37BN2O6. The van der Waals surface area contributed by atoms with Crippen LogP contribution in [0.2, 0.25) is 6.32 Å². The van der Waals surface area contributed by atoms with E-state index in [9.17, 15) is 9.90 Å². The third-order valence-electron chi connectivity index (χ3n) is 7.49. The highest BCUT2D eigenvalue weighted by Gasteiger charge is 2.48. The Hall–Kier alpha value is -2.43. The van der Waals surface area contributed by atoms with E-state index in [4.69, 9.17) is 25.3 Å². The zero-order valence-corrected chi connectivity index (χ0v) is 20.6. The van der Waals surface area contributed by atoms with Crippen molar-refractivity contribution < 1.29 is 29.4 Å². The lowest BCUT2D eigenvalue weighted by molar-refractivity contribution is -0.148. The predicted octanol–water partition coefficient (Wildman–Crippen LogP) is 2.81. The van der Waals surface area contributed by atoms with Crippen LogP contribution in [-0.2, 0) is 16.1 Å². The Bertz CT molecular complexity index is 975. The number of hydrogen-bond acceptors (Lipinski definition) is 7. The molecule has 194 valence electrons. The summed E-state index contributed by atoms with van der Waals surface area (Å²) < 4.78 is 11.3. The first-order valence-electron chi connectivity index (χ1n) is 12.9. The van der Waals surface area contributed by atoms with Gasteiger partial charge in [0.05, 0.1) is 13.2 Å². The van der Waals surface area contributed by atoms with Gasteiger partial charge in [-0.25, -0.2) is 0 Å². The average Bonchev–Trinajstić information content (AvgIpc) is 3.34. The van der Waals surface area contributed by atoms with Gasteiger partial charge in [0.1, 0.15) is 17.4 Å². The highest BCUT2D eigenvalue weighted by molar-refractivity contribution is 6.40. The SMILES string of the molecule is N[C@@](CCCCB(O)O)(C(=O)O)C1CC(NCc2ccc(-c3ccc(OC4CCOC4)cc3)cc2)C1. The summed E-state index contributed by atoms with van der Waals surface area (Å²) in [4.78, 5) is 11.9. The van der Waals surface area contributed by atoms with Gasteiger partial charge in [-0.1, -0.05) is 49.2 Å². The smallest absolute Gasteiger partial charge is 0.451 e. The first kappa shape index (κ1) is 26.6. The van der Waals surface area contributed by atoms with Gasteiger partial charge >= 0.3 is 13.1 Å². The number of benzene rings is 2. The molecule has 1 unspecified atom stereocenters. The monoisotopic (exact) mass is 496 g/mol. The Morgan fingerprint density at radius 1 is 1.08 bits per heavy atom. The topological polar surface area (TPSA) is 134 Å². The number of ether oxygens (including phenoxy) is 2. The molecule has 1 aliphatic carbocycles. The van der Waals surface area contributed by atoms with Crippen LogP contribution in [0.25, 0.3) is 11.1 Å². The van der Waals surface area contributed by atoms with E-state index in [1.54, 1.807) is 0 Å². The Balaban J connectivity index is 1.21. The Labute approximate surface area is 213 Å². The van der Waals surface area contributed by atoms with Crippen molar-refractivity contribution >= 4 is 13.1 Å². The molecule has 0 bridgehead atoms. The zero-order chi connectivity index (χ0) is 25.5. The predicted molar refractivity (Wildman–Crippen MR) is 138 cm³/mol. The minimum atomic E-state index is -1.36. The molecule has 36 heavy (non-hydrogen) atoms. The molecule has 0 amide bonds. The van der Waals surface area contributed by atoms with Gasteiger partial charge < -0.3 is 35.7 Å². The van der Waals surface area contributed by atoms with Crippen LogP contribution < -0.4 is 15.8 Å². The maximum atomic E-state index is 11.9. The van der Waals surface area contributed by atoms with Crippen LogP contribution in [-0.4, -0.2) is 59.1 Å². The molecule has 2 aliphatic rings. The molecular weight excluding hydrogens is 459 g/mol. The molecule has 2 aromatic rings. The second kappa shape index (κ2) is 12.2. The van der Waals surface area contributed by atoms with Crippen molar-refractivity contribution in [3.8, 4) is 16.9 Å². The molecule has 0 spiro atoms. The maximum absolute atomic E-state index is 11.9. The molecule has 6 N–H and O–H groups in total. The van der Waals surface area contributed by atoms with Gasteiger partial charge in [-0.05, 0) is 60.3 Å². The summed E-state index contributed by atoms with van der Waals surface area (Å²) in [6.45, 7) is 2.13. The molecule has 1 heterocycles. The Morgan fingerprint density at radius 2 is 1.75 bits per heavy atom. The van der Waals surface area contributed by atoms with E-state index >= 15 is 0 Å². The number of rotatable bonds is 13. The summed E-state index contributed by atoms with van der Waals surface area (Å²) in [6, 6.07) is 16.8. The summed E-state index contributed by atoms with van der Waals surface area (Å²) in [6.07, 6.45) is 4.22. The van der Waals surface area contributed by atoms with E-state index in [1.807, 2.05) is 12.1 Å². The van der Waals surface area contributed by atoms with Crippen LogP contribution in [0.15, 0.2) is 48.5 Å². The Kier molecular flexibility index (Phi) is 9.03. The molecule has 2 fully saturated rings. The van der Waals surface area contributed by atoms with Crippen LogP contribution in [0, 0.1) is 5.92 Å². The summed E-state index contributed by atoms with van der Waals surface area (Å²) >= 11 is 0. The van der Waals surface area contributed by atoms with Gasteiger partial charge in [0.2, 0.25) is 0 Å². The van der Waals surface area contributed by atoms with Crippen LogP contribution in [0.4, 0.5) is 0 Å². The van der Waals surface area contributed by atoms with Crippen LogP contribution in [0.1, 0.15) is 44.1 Å². The normalized spacial score (nSPS) is 23.0. The maximum Gasteiger partial charge on any atom is 0.451 e. The summed E-state index contributed by atoms with van der Waals surface area (Å²) in [7, 11) is -1.36. The second-order valence-electron chi connectivity index (χ2n) is 10.1. The van der Waals surface area contributed by atoms with E-state index in [0.717, 1.165) is 42.7 Å². The van der Waals surface area contributed by atoms with Gasteiger partial charge in [0.15, 0.2) is 0 Å². The highest BCUT2D eigenvalue weighted by Crippen LogP contribution is 2.38. The lowest BCUT2D eigenvalue weighted by Crippen LogP contribution is -2.61. The number of nitrogens with one attached hydrogen (secondary N) is 1. The van der Waals surface area contributed by atoms with Gasteiger partial charge in [-0.3, -0.25) is 4.79 Å². The van der Waals surface area contributed by atoms with Crippen molar-refractivity contribution in [3.05, 3.63) is 54.1 Å². The number of unbranched alkanes of at least 4 members (excludes halogenated alkanes) is 1. The first-order valence-corrected chi connectivity index (χ1v) is 12.9. The number of carboxylic acid groups (broad SMARTS) is 1. The van der Waals surface area contributed by atoms with Gasteiger partial charge in [-0.2, -0.15) is 0 Å². The molecule has 1 aliphatic heterocycles. The molecule has 4 rings (SSSR count). The number of carboxylic acids is 1. The number of carbonyl (C=O) groups is 1. The quantitative estimate of drug-likeness (QED) is 0.211. The average molecular weight is 496 g/mol. The molecule has 0 radical (unpaired) electrons. The third-order valence-corrected chi connectivity index (χ3v) is 7.49. The fourth-order valence-corrected chi connectivity index (χ4v) is 5.04. The van der Waals surface area contributed by atoms with Crippen molar-refractivity contribution in [3.63, 3.8) is 0 Å². The van der Waals surface area contributed by atoms with E-state index < -0.39 is 18.6 Å². The molecule has 0 aromatic heterocycles. The van der Waals surface area contributed by atoms with Crippen molar-refractivity contribution in [2.75, 3.05) is 13.2 Å². The highest BCUT2D eigenvalue weighted by atomic mass is 16.5. The minimum Gasteiger partial charge on any atom is -0.488 e. The molecule has 8 nitrogen and oxygen atoms in total. The fraction of sp³-hybridized carbons (Fsp3) is 0.519. The second-order valence-corrected chi connectivity index (χ2v) is 10.1. The summed E-state index contributed by atoms with van der Waals surface area (Å²) in [5.41, 5.74) is 8.47. The minimum absolute atomic E-state index is 0.0814. The van der Waals surface area contributed by atoms with Gasteiger partial charge in [0, 0.05) is 19.0 Å². The van der Waals surface area contributed by atoms with Crippen molar-refractivity contribution in [1.82, 2.24) is 5.32 Å². The first-order chi connectivity index (χ1) is 17.3. The van der Waals surface area contributed by atoms with Gasteiger partial charge in [-0.15, -0.1) is 0 Å². The number of hydrogen-bond donors (Lipinski definition) is 5. The third kappa shape index (κ3) is 6.86. The van der Waals surface area contributed by atoms with E-state index in [0.29, 0.717) is 32.4 Å². The van der Waals surface area contributed by atoms with E-state index in [1.165, 1.54) is 5.56 Å². The lowest BCUT2D eigenvalue weighted by atomic mass is 9.66. The van der Waals surface area contributed by atoms with Crippen LogP contribution in [0.5, 0.6) is 5.75 Å². The molecule has 9 heteroatoms. The van der Waals surface area contributed by atoms with Crippen molar-refractivity contribution in [2.45, 2.75) is 69.1 Å². The van der Waals surface area contributed by atoms with Gasteiger partial charge in [0.25, 0.3) is 0 Å². The Morgan fingerprint density at radius 3 is 2.33 bits per heavy atom. The molecule has 1 saturated heterocycles. The van der Waals surface area contributed by atoms with E-state index in [2.05, 4.69) is 41.7 Å². The van der Waals surface area contributed by atoms with Crippen molar-refractivity contribution in [2.24, 2.45) is 11.7 Å². The largest absolute Gasteiger partial charge is 0.488 e. The zero-order valence-electron chi connectivity index (χ0n) is 20.6. The standard InChI is InChI=1S/C27H37BN2O6/c29-27(26(31)32,12-1-2-13-28(33)34)22-15-23(16-22)30-17-19-3-5-20(6-4-19)21-7-9-24(10-8-21)36-25-11-14-35-18-25/h3-10,22-23,25,30,33-34H,1-2,11-18,29H2,(H,31,32)/t22?,23?,25?,27-/m1/s1. The lowest BCUT2D eigenvalue weighted by Gasteiger charge is -2.45. The van der Waals surface area contributed by atoms with E-state index in [-0.39, 0.29) is 24.4 Å². The summed E-state index contributed by atoms with van der Waals surface area (Å²) in [5.74, 6) is -0.192. The van der Waals surface area contributed by atoms with Crippen molar-refractivity contribution in [1.29, 1.82) is 0 Å².